The first kappa shape index (κ1) is 8.74. The molecular weight excluding hydrogens is 180 g/mol. The van der Waals surface area contributed by atoms with Crippen LogP contribution in [0.1, 0.15) is 12.5 Å². The maximum Gasteiger partial charge on any atom is 0.329 e. The largest absolute Gasteiger partial charge is 0.340 e. The standard InChI is InChI=1S/C10H10N2O2/c1-8(13)14-12-6-9-4-2-3-5-10(9)11-7-12/h2-5,7H,6H2,1H3. The maximum absolute atomic E-state index is 10.7. The van der Waals surface area contributed by atoms with Gasteiger partial charge in [-0.2, -0.15) is 5.06 Å². The molecule has 4 nitrogen and oxygen atoms in total. The molecule has 0 N–H and O–H groups in total. The van der Waals surface area contributed by atoms with E-state index in [1.54, 1.807) is 0 Å². The predicted molar refractivity (Wildman–Crippen MR) is 51.9 cm³/mol. The van der Waals surface area contributed by atoms with Crippen molar-refractivity contribution in [3.8, 4) is 0 Å². The molecule has 0 amide bonds. The molecule has 1 aliphatic heterocycles. The van der Waals surface area contributed by atoms with Gasteiger partial charge in [0, 0.05) is 12.5 Å². The summed E-state index contributed by atoms with van der Waals surface area (Å²) < 4.78 is 0. The number of carbonyl (C=O) groups is 1. The molecule has 0 fully saturated rings. The molecule has 14 heavy (non-hydrogen) atoms. The van der Waals surface area contributed by atoms with Gasteiger partial charge in [0.15, 0.2) is 0 Å². The fourth-order valence-electron chi connectivity index (χ4n) is 1.33. The van der Waals surface area contributed by atoms with E-state index in [1.807, 2.05) is 24.3 Å². The van der Waals surface area contributed by atoms with Crippen LogP contribution >= 0.6 is 0 Å². The van der Waals surface area contributed by atoms with Gasteiger partial charge in [-0.25, -0.2) is 4.99 Å². The third kappa shape index (κ3) is 1.74. The number of hydrogen-bond acceptors (Lipinski definition) is 4. The molecular formula is C10H10N2O2. The van der Waals surface area contributed by atoms with E-state index in [-0.39, 0.29) is 5.97 Å². The number of fused-ring (bicyclic) bond motifs is 1. The Bertz CT molecular complexity index is 387. The van der Waals surface area contributed by atoms with Gasteiger partial charge in [0.25, 0.3) is 0 Å². The Morgan fingerprint density at radius 1 is 1.50 bits per heavy atom. The minimum absolute atomic E-state index is 0.337. The predicted octanol–water partition coefficient (Wildman–Crippen LogP) is 1.64. The summed E-state index contributed by atoms with van der Waals surface area (Å²) >= 11 is 0. The van der Waals surface area contributed by atoms with Gasteiger partial charge < -0.3 is 4.84 Å². The fraction of sp³-hybridized carbons (Fsp3) is 0.200. The lowest BCUT2D eigenvalue weighted by atomic mass is 10.1. The molecule has 4 heteroatoms. The lowest BCUT2D eigenvalue weighted by Crippen LogP contribution is -2.26. The second kappa shape index (κ2) is 3.49. The number of hydroxylamine groups is 2. The third-order valence-corrected chi connectivity index (χ3v) is 1.89. The number of hydrogen-bond donors (Lipinski definition) is 0. The first-order valence-electron chi connectivity index (χ1n) is 4.33. The Balaban J connectivity index is 2.17. The van der Waals surface area contributed by atoms with E-state index in [9.17, 15) is 4.79 Å². The molecule has 1 aromatic carbocycles. The van der Waals surface area contributed by atoms with Crippen molar-refractivity contribution < 1.29 is 9.63 Å². The summed E-state index contributed by atoms with van der Waals surface area (Å²) in [6.07, 6.45) is 1.52. The van der Waals surface area contributed by atoms with Crippen LogP contribution in [0.3, 0.4) is 0 Å². The molecule has 1 aliphatic rings. The molecule has 0 saturated heterocycles. The van der Waals surface area contributed by atoms with Crippen molar-refractivity contribution >= 4 is 18.0 Å². The van der Waals surface area contributed by atoms with Crippen LogP contribution in [0.4, 0.5) is 5.69 Å². The van der Waals surface area contributed by atoms with Gasteiger partial charge >= 0.3 is 5.97 Å². The summed E-state index contributed by atoms with van der Waals surface area (Å²) in [5, 5.41) is 1.42. The molecule has 0 radical (unpaired) electrons. The normalized spacial score (nSPS) is 13.6. The quantitative estimate of drug-likeness (QED) is 0.676. The van der Waals surface area contributed by atoms with Crippen molar-refractivity contribution in [3.05, 3.63) is 29.8 Å². The Kier molecular flexibility index (Phi) is 2.18. The molecule has 0 aliphatic carbocycles. The number of benzene rings is 1. The van der Waals surface area contributed by atoms with E-state index in [2.05, 4.69) is 4.99 Å². The first-order valence-corrected chi connectivity index (χ1v) is 4.33. The summed E-state index contributed by atoms with van der Waals surface area (Å²) in [6, 6.07) is 7.75. The first-order chi connectivity index (χ1) is 6.75. The van der Waals surface area contributed by atoms with Crippen LogP contribution in [0.25, 0.3) is 0 Å². The number of rotatable bonds is 1. The van der Waals surface area contributed by atoms with Crippen molar-refractivity contribution in [1.29, 1.82) is 0 Å². The molecule has 72 valence electrons. The van der Waals surface area contributed by atoms with Crippen molar-refractivity contribution in [1.82, 2.24) is 5.06 Å². The molecule has 0 spiro atoms. The number of para-hydroxylation sites is 1. The second-order valence-corrected chi connectivity index (χ2v) is 3.03. The topological polar surface area (TPSA) is 41.9 Å². The van der Waals surface area contributed by atoms with E-state index < -0.39 is 0 Å². The van der Waals surface area contributed by atoms with Gasteiger partial charge in [-0.3, -0.25) is 4.79 Å². The fourth-order valence-corrected chi connectivity index (χ4v) is 1.33. The van der Waals surface area contributed by atoms with Crippen LogP contribution in [-0.2, 0) is 16.2 Å². The minimum atomic E-state index is -0.337. The lowest BCUT2D eigenvalue weighted by Gasteiger charge is -2.21. The van der Waals surface area contributed by atoms with E-state index in [0.717, 1.165) is 11.3 Å². The average Bonchev–Trinajstić information content (AvgIpc) is 2.17. The Labute approximate surface area is 81.8 Å². The highest BCUT2D eigenvalue weighted by Gasteiger charge is 2.12. The van der Waals surface area contributed by atoms with Gasteiger partial charge in [0.1, 0.15) is 6.34 Å². The Morgan fingerprint density at radius 3 is 3.07 bits per heavy atom. The van der Waals surface area contributed by atoms with Crippen LogP contribution in [0.5, 0.6) is 0 Å². The maximum atomic E-state index is 10.7. The van der Waals surface area contributed by atoms with E-state index in [1.165, 1.54) is 18.3 Å². The van der Waals surface area contributed by atoms with Gasteiger partial charge in [-0.15, -0.1) is 0 Å². The molecule has 0 saturated carbocycles. The third-order valence-electron chi connectivity index (χ3n) is 1.89. The molecule has 0 aromatic heterocycles. The molecule has 1 heterocycles. The van der Waals surface area contributed by atoms with Gasteiger partial charge in [-0.1, -0.05) is 18.2 Å². The average molecular weight is 190 g/mol. The van der Waals surface area contributed by atoms with Gasteiger partial charge in [-0.05, 0) is 6.07 Å². The molecule has 1 aromatic rings. The van der Waals surface area contributed by atoms with Crippen LogP contribution in [0.15, 0.2) is 29.3 Å². The van der Waals surface area contributed by atoms with E-state index >= 15 is 0 Å². The second-order valence-electron chi connectivity index (χ2n) is 3.03. The number of carbonyl (C=O) groups excluding carboxylic acids is 1. The molecule has 0 bridgehead atoms. The summed E-state index contributed by atoms with van der Waals surface area (Å²) in [6.45, 7) is 1.92. The minimum Gasteiger partial charge on any atom is -0.340 e. The highest BCUT2D eigenvalue weighted by molar-refractivity contribution is 5.70. The molecule has 2 rings (SSSR count). The summed E-state index contributed by atoms with van der Waals surface area (Å²) in [5.41, 5.74) is 1.98. The van der Waals surface area contributed by atoms with E-state index in [4.69, 9.17) is 4.84 Å². The Morgan fingerprint density at radius 2 is 2.29 bits per heavy atom. The highest BCUT2D eigenvalue weighted by Crippen LogP contribution is 2.23. The van der Waals surface area contributed by atoms with Gasteiger partial charge in [0.2, 0.25) is 0 Å². The lowest BCUT2D eigenvalue weighted by molar-refractivity contribution is -0.170. The summed E-state index contributed by atoms with van der Waals surface area (Å²) in [5.74, 6) is -0.337. The highest BCUT2D eigenvalue weighted by atomic mass is 16.7. The monoisotopic (exact) mass is 190 g/mol. The van der Waals surface area contributed by atoms with Crippen LogP contribution in [0, 0.1) is 0 Å². The number of aliphatic imine (C=N–C) groups is 1. The Hall–Kier alpha value is -1.84. The van der Waals surface area contributed by atoms with Gasteiger partial charge in [0.05, 0.1) is 12.2 Å². The molecule has 0 unspecified atom stereocenters. The number of nitrogens with zero attached hydrogens (tertiary/aromatic N) is 2. The van der Waals surface area contributed by atoms with Crippen LogP contribution in [-0.4, -0.2) is 17.4 Å². The van der Waals surface area contributed by atoms with Crippen LogP contribution in [0.2, 0.25) is 0 Å². The zero-order valence-corrected chi connectivity index (χ0v) is 7.80. The van der Waals surface area contributed by atoms with Crippen molar-refractivity contribution in [2.24, 2.45) is 4.99 Å². The summed E-state index contributed by atoms with van der Waals surface area (Å²) in [7, 11) is 0. The zero-order valence-electron chi connectivity index (χ0n) is 7.80. The summed E-state index contributed by atoms with van der Waals surface area (Å²) in [4.78, 5) is 19.7. The van der Waals surface area contributed by atoms with Crippen molar-refractivity contribution in [2.75, 3.05) is 0 Å². The van der Waals surface area contributed by atoms with Crippen molar-refractivity contribution in [2.45, 2.75) is 13.5 Å². The smallest absolute Gasteiger partial charge is 0.329 e. The van der Waals surface area contributed by atoms with Crippen LogP contribution < -0.4 is 0 Å². The van der Waals surface area contributed by atoms with E-state index in [0.29, 0.717) is 6.54 Å². The molecule has 0 atom stereocenters. The zero-order chi connectivity index (χ0) is 9.97. The van der Waals surface area contributed by atoms with Crippen molar-refractivity contribution in [3.63, 3.8) is 0 Å². The SMILES string of the molecule is CC(=O)ON1C=Nc2ccccc2C1.